The van der Waals surface area contributed by atoms with Crippen LogP contribution in [0.5, 0.6) is 0 Å². The molecule has 114 valence electrons. The zero-order valence-corrected chi connectivity index (χ0v) is 14.3. The minimum atomic E-state index is -0.142. The fraction of sp³-hybridized carbons (Fsp3) is 0.267. The lowest BCUT2D eigenvalue weighted by molar-refractivity contribution is 0.0985. The summed E-state index contributed by atoms with van der Waals surface area (Å²) in [5, 5.41) is 0.416. The molecule has 1 amide bonds. The Morgan fingerprint density at radius 2 is 2.18 bits per heavy atom. The van der Waals surface area contributed by atoms with E-state index in [1.54, 1.807) is 17.2 Å². The number of hydrogen-bond acceptors (Lipinski definition) is 4. The molecule has 0 bridgehead atoms. The average molecular weight is 382 g/mol. The lowest BCUT2D eigenvalue weighted by atomic mass is 10.2. The Balaban J connectivity index is 1.99. The van der Waals surface area contributed by atoms with Gasteiger partial charge in [-0.15, -0.1) is 0 Å². The van der Waals surface area contributed by atoms with Gasteiger partial charge in [0.25, 0.3) is 5.91 Å². The third-order valence-corrected chi connectivity index (χ3v) is 4.71. The molecular formula is C15H14BrClN4O. The second kappa shape index (κ2) is 6.32. The number of fused-ring (bicyclic) bond motifs is 1. The van der Waals surface area contributed by atoms with Gasteiger partial charge in [0.2, 0.25) is 0 Å². The molecule has 0 unspecified atom stereocenters. The molecule has 0 N–H and O–H groups in total. The fourth-order valence-electron chi connectivity index (χ4n) is 2.43. The molecule has 0 aliphatic carbocycles. The fourth-order valence-corrected chi connectivity index (χ4v) is 2.82. The molecule has 0 atom stereocenters. The summed E-state index contributed by atoms with van der Waals surface area (Å²) < 4.78 is 0.528. The van der Waals surface area contributed by atoms with E-state index in [-0.39, 0.29) is 5.91 Å². The molecule has 5 nitrogen and oxygen atoms in total. The average Bonchev–Trinajstić information content (AvgIpc) is 2.67. The summed E-state index contributed by atoms with van der Waals surface area (Å²) in [5.41, 5.74) is 1.49. The first-order valence-electron chi connectivity index (χ1n) is 6.81. The van der Waals surface area contributed by atoms with E-state index in [1.807, 2.05) is 19.2 Å². The summed E-state index contributed by atoms with van der Waals surface area (Å²) in [6, 6.07) is 5.51. The molecule has 2 aromatic heterocycles. The molecule has 0 aromatic carbocycles. The molecular weight excluding hydrogens is 368 g/mol. The van der Waals surface area contributed by atoms with Crippen molar-refractivity contribution in [3.8, 4) is 0 Å². The van der Waals surface area contributed by atoms with Gasteiger partial charge >= 0.3 is 0 Å². The van der Waals surface area contributed by atoms with Crippen LogP contribution in [0.25, 0.3) is 0 Å². The highest BCUT2D eigenvalue weighted by molar-refractivity contribution is 9.10. The van der Waals surface area contributed by atoms with Gasteiger partial charge < -0.3 is 4.90 Å². The summed E-state index contributed by atoms with van der Waals surface area (Å²) in [7, 11) is 2.03. The van der Waals surface area contributed by atoms with Crippen LogP contribution in [0.1, 0.15) is 15.9 Å². The number of nitrogens with zero attached hydrogens (tertiary/aromatic N) is 4. The highest BCUT2D eigenvalue weighted by atomic mass is 79.9. The van der Waals surface area contributed by atoms with Gasteiger partial charge in [-0.05, 0) is 35.1 Å². The van der Waals surface area contributed by atoms with Crippen LogP contribution in [0.2, 0.25) is 5.02 Å². The topological polar surface area (TPSA) is 49.3 Å². The number of carbonyl (C=O) groups excluding carboxylic acids is 1. The van der Waals surface area contributed by atoms with Crippen molar-refractivity contribution in [2.24, 2.45) is 0 Å². The lowest BCUT2D eigenvalue weighted by Gasteiger charge is -2.21. The molecule has 1 aliphatic heterocycles. The molecule has 3 rings (SSSR count). The largest absolute Gasteiger partial charge is 0.300 e. The number of carbonyl (C=O) groups is 1. The molecule has 2 aromatic rings. The predicted octanol–water partition coefficient (Wildman–Crippen LogP) is 2.98. The lowest BCUT2D eigenvalue weighted by Crippen LogP contribution is -2.35. The minimum Gasteiger partial charge on any atom is -0.300 e. The number of anilines is 1. The number of pyridine rings is 2. The van der Waals surface area contributed by atoms with Crippen molar-refractivity contribution in [2.75, 3.05) is 25.0 Å². The number of halogens is 2. The Bertz CT molecular complexity index is 724. The van der Waals surface area contributed by atoms with E-state index in [0.717, 1.165) is 18.7 Å². The van der Waals surface area contributed by atoms with E-state index in [9.17, 15) is 4.79 Å². The van der Waals surface area contributed by atoms with Crippen LogP contribution < -0.4 is 4.90 Å². The summed E-state index contributed by atoms with van der Waals surface area (Å²) in [4.78, 5) is 25.2. The van der Waals surface area contributed by atoms with Gasteiger partial charge in [-0.1, -0.05) is 17.7 Å². The Labute approximate surface area is 142 Å². The molecule has 0 fully saturated rings. The third kappa shape index (κ3) is 2.99. The van der Waals surface area contributed by atoms with Crippen molar-refractivity contribution < 1.29 is 4.79 Å². The number of likely N-dealkylation sites (N-methyl/N-ethyl adjacent to an activating group) is 1. The summed E-state index contributed by atoms with van der Waals surface area (Å²) >= 11 is 9.28. The summed E-state index contributed by atoms with van der Waals surface area (Å²) in [6.45, 7) is 2.12. The predicted molar refractivity (Wildman–Crippen MR) is 89.2 cm³/mol. The smallest absolute Gasteiger partial charge is 0.261 e. The van der Waals surface area contributed by atoms with Gasteiger partial charge in [0.1, 0.15) is 10.4 Å². The highest BCUT2D eigenvalue weighted by Crippen LogP contribution is 2.25. The van der Waals surface area contributed by atoms with E-state index in [4.69, 9.17) is 11.6 Å². The molecule has 7 heteroatoms. The Morgan fingerprint density at radius 1 is 1.36 bits per heavy atom. The first-order chi connectivity index (χ1) is 10.6. The maximum atomic E-state index is 12.8. The zero-order chi connectivity index (χ0) is 15.7. The number of hydrogen-bond donors (Lipinski definition) is 0. The first-order valence-corrected chi connectivity index (χ1v) is 7.98. The van der Waals surface area contributed by atoms with E-state index in [1.165, 1.54) is 6.20 Å². The zero-order valence-electron chi connectivity index (χ0n) is 12.0. The maximum absolute atomic E-state index is 12.8. The van der Waals surface area contributed by atoms with Crippen LogP contribution in [0.4, 0.5) is 5.82 Å². The quantitative estimate of drug-likeness (QED) is 0.713. The molecule has 22 heavy (non-hydrogen) atoms. The van der Waals surface area contributed by atoms with Gasteiger partial charge in [0.05, 0.1) is 10.6 Å². The third-order valence-electron chi connectivity index (χ3n) is 3.56. The molecule has 3 heterocycles. The van der Waals surface area contributed by atoms with Gasteiger partial charge in [-0.25, -0.2) is 9.97 Å². The standard InChI is InChI=1S/C15H14BrClN4O/c1-20-5-6-21(14-10(9-20)3-2-4-18-14)15(22)11-7-12(17)13(16)19-8-11/h2-4,7-8H,5-6,9H2,1H3. The van der Waals surface area contributed by atoms with E-state index in [0.29, 0.717) is 27.6 Å². The van der Waals surface area contributed by atoms with Crippen molar-refractivity contribution in [1.29, 1.82) is 0 Å². The van der Waals surface area contributed by atoms with E-state index >= 15 is 0 Å². The summed E-state index contributed by atoms with van der Waals surface area (Å²) in [5.74, 6) is 0.563. The molecule has 0 saturated heterocycles. The SMILES string of the molecule is CN1CCN(C(=O)c2cnc(Br)c(Cl)c2)c2ncccc2C1. The van der Waals surface area contributed by atoms with Crippen molar-refractivity contribution in [3.63, 3.8) is 0 Å². The van der Waals surface area contributed by atoms with Crippen LogP contribution in [-0.2, 0) is 6.54 Å². The monoisotopic (exact) mass is 380 g/mol. The van der Waals surface area contributed by atoms with Crippen LogP contribution >= 0.6 is 27.5 Å². The second-order valence-corrected chi connectivity index (χ2v) is 6.34. The van der Waals surface area contributed by atoms with Crippen molar-refractivity contribution in [2.45, 2.75) is 6.54 Å². The minimum absolute atomic E-state index is 0.142. The van der Waals surface area contributed by atoms with E-state index in [2.05, 4.69) is 30.8 Å². The van der Waals surface area contributed by atoms with Gasteiger partial charge in [-0.2, -0.15) is 0 Å². The van der Waals surface area contributed by atoms with Crippen molar-refractivity contribution in [1.82, 2.24) is 14.9 Å². The molecule has 0 saturated carbocycles. The molecule has 0 spiro atoms. The second-order valence-electron chi connectivity index (χ2n) is 5.18. The van der Waals surface area contributed by atoms with E-state index < -0.39 is 0 Å². The van der Waals surface area contributed by atoms with Crippen LogP contribution in [0.3, 0.4) is 0 Å². The number of amides is 1. The summed E-state index contributed by atoms with van der Waals surface area (Å²) in [6.07, 6.45) is 3.23. The van der Waals surface area contributed by atoms with Gasteiger partial charge in [0.15, 0.2) is 0 Å². The number of aromatic nitrogens is 2. The molecule has 0 radical (unpaired) electrons. The Morgan fingerprint density at radius 3 is 2.95 bits per heavy atom. The molecule has 1 aliphatic rings. The Hall–Kier alpha value is -1.50. The maximum Gasteiger partial charge on any atom is 0.261 e. The van der Waals surface area contributed by atoms with Crippen molar-refractivity contribution >= 4 is 39.3 Å². The van der Waals surface area contributed by atoms with Crippen LogP contribution in [-0.4, -0.2) is 40.9 Å². The van der Waals surface area contributed by atoms with Crippen LogP contribution in [0, 0.1) is 0 Å². The Kier molecular flexibility index (Phi) is 4.42. The number of rotatable bonds is 1. The van der Waals surface area contributed by atoms with Crippen molar-refractivity contribution in [3.05, 3.63) is 51.3 Å². The highest BCUT2D eigenvalue weighted by Gasteiger charge is 2.25. The van der Waals surface area contributed by atoms with Gasteiger partial charge in [-0.3, -0.25) is 9.69 Å². The normalized spacial score (nSPS) is 15.3. The van der Waals surface area contributed by atoms with Crippen LogP contribution in [0.15, 0.2) is 35.2 Å². The van der Waals surface area contributed by atoms with Gasteiger partial charge in [0, 0.05) is 37.6 Å². The first kappa shape index (κ1) is 15.4.